The number of nitrogens with zero attached hydrogens (tertiary/aromatic N) is 2. The maximum atomic E-state index is 4.06. The highest BCUT2D eigenvalue weighted by Crippen LogP contribution is 2.07. The Morgan fingerprint density at radius 3 is 2.80 bits per heavy atom. The molecule has 10 heavy (non-hydrogen) atoms. The van der Waals surface area contributed by atoms with Crippen molar-refractivity contribution in [2.75, 3.05) is 12.8 Å². The SMILES string of the molecule is C=N/C=C(\C=N/CC)SC. The van der Waals surface area contributed by atoms with Gasteiger partial charge in [0, 0.05) is 23.9 Å². The molecule has 0 aromatic carbocycles. The van der Waals surface area contributed by atoms with E-state index in [0.29, 0.717) is 0 Å². The minimum absolute atomic E-state index is 0.815. The molecule has 0 fully saturated rings. The van der Waals surface area contributed by atoms with Gasteiger partial charge in [-0.2, -0.15) is 0 Å². The van der Waals surface area contributed by atoms with Crippen LogP contribution in [0.5, 0.6) is 0 Å². The van der Waals surface area contributed by atoms with E-state index in [-0.39, 0.29) is 0 Å². The van der Waals surface area contributed by atoms with E-state index in [1.807, 2.05) is 13.2 Å². The summed E-state index contributed by atoms with van der Waals surface area (Å²) in [6, 6.07) is 0. The summed E-state index contributed by atoms with van der Waals surface area (Å²) in [6.45, 7) is 6.17. The first kappa shape index (κ1) is 9.43. The van der Waals surface area contributed by atoms with Crippen LogP contribution in [0.1, 0.15) is 6.92 Å². The summed E-state index contributed by atoms with van der Waals surface area (Å²) in [6.07, 6.45) is 5.49. The highest BCUT2D eigenvalue weighted by Gasteiger charge is 1.84. The molecule has 0 rings (SSSR count). The summed E-state index contributed by atoms with van der Waals surface area (Å²) >= 11 is 1.61. The van der Waals surface area contributed by atoms with Crippen LogP contribution >= 0.6 is 11.8 Å². The lowest BCUT2D eigenvalue weighted by molar-refractivity contribution is 1.14. The van der Waals surface area contributed by atoms with Crippen molar-refractivity contribution < 1.29 is 0 Å². The average Bonchev–Trinajstić information content (AvgIpc) is 1.98. The minimum Gasteiger partial charge on any atom is -0.292 e. The Morgan fingerprint density at radius 1 is 1.70 bits per heavy atom. The number of allylic oxidation sites excluding steroid dienone is 1. The van der Waals surface area contributed by atoms with Gasteiger partial charge in [-0.3, -0.25) is 9.98 Å². The molecule has 0 unspecified atom stereocenters. The summed E-state index contributed by atoms with van der Waals surface area (Å²) < 4.78 is 0. The number of hydrogen-bond acceptors (Lipinski definition) is 3. The van der Waals surface area contributed by atoms with E-state index < -0.39 is 0 Å². The van der Waals surface area contributed by atoms with Crippen molar-refractivity contribution in [1.29, 1.82) is 0 Å². The molecule has 0 heterocycles. The molecule has 0 spiro atoms. The number of hydrogen-bond donors (Lipinski definition) is 0. The van der Waals surface area contributed by atoms with Gasteiger partial charge in [0.05, 0.1) is 0 Å². The predicted molar refractivity (Wildman–Crippen MR) is 50.2 cm³/mol. The van der Waals surface area contributed by atoms with Crippen molar-refractivity contribution in [1.82, 2.24) is 0 Å². The molecule has 0 atom stereocenters. The van der Waals surface area contributed by atoms with Crippen LogP contribution in [0.3, 0.4) is 0 Å². The van der Waals surface area contributed by atoms with Crippen LogP contribution in [0.25, 0.3) is 0 Å². The van der Waals surface area contributed by atoms with Crippen molar-refractivity contribution >= 4 is 24.7 Å². The second-order valence-electron chi connectivity index (χ2n) is 1.55. The van der Waals surface area contributed by atoms with Crippen molar-refractivity contribution in [2.24, 2.45) is 9.98 Å². The van der Waals surface area contributed by atoms with Crippen molar-refractivity contribution in [3.63, 3.8) is 0 Å². The van der Waals surface area contributed by atoms with Gasteiger partial charge in [-0.1, -0.05) is 0 Å². The third-order valence-corrected chi connectivity index (χ3v) is 1.54. The molecular weight excluding hydrogens is 144 g/mol. The Balaban J connectivity index is 3.94. The van der Waals surface area contributed by atoms with Gasteiger partial charge in [0.2, 0.25) is 0 Å². The van der Waals surface area contributed by atoms with E-state index >= 15 is 0 Å². The summed E-state index contributed by atoms with van der Waals surface area (Å²) in [5.74, 6) is 0. The van der Waals surface area contributed by atoms with Crippen LogP contribution in [0.15, 0.2) is 21.1 Å². The first-order valence-corrected chi connectivity index (χ1v) is 4.27. The molecule has 0 saturated heterocycles. The molecule has 3 heteroatoms. The molecule has 0 aliphatic rings. The second kappa shape index (κ2) is 6.55. The predicted octanol–water partition coefficient (Wildman–Crippen LogP) is 1.98. The van der Waals surface area contributed by atoms with Gasteiger partial charge in [0.15, 0.2) is 0 Å². The van der Waals surface area contributed by atoms with Crippen LogP contribution in [0.4, 0.5) is 0 Å². The topological polar surface area (TPSA) is 24.7 Å². The molecule has 0 aromatic rings. The Morgan fingerprint density at radius 2 is 2.40 bits per heavy atom. The van der Waals surface area contributed by atoms with Gasteiger partial charge < -0.3 is 0 Å². The molecule has 0 aliphatic carbocycles. The minimum atomic E-state index is 0.815. The Bertz CT molecular complexity index is 150. The summed E-state index contributed by atoms with van der Waals surface area (Å²) in [5, 5.41) is 0. The molecule has 0 aromatic heterocycles. The number of aliphatic imine (C=N–C) groups is 2. The quantitative estimate of drug-likeness (QED) is 0.571. The zero-order chi connectivity index (χ0) is 7.82. The maximum Gasteiger partial charge on any atom is 0.0431 e. The summed E-state index contributed by atoms with van der Waals surface area (Å²) in [5.41, 5.74) is 0. The highest BCUT2D eigenvalue weighted by atomic mass is 32.2. The maximum absolute atomic E-state index is 4.06. The van der Waals surface area contributed by atoms with E-state index in [2.05, 4.69) is 16.7 Å². The van der Waals surface area contributed by atoms with Gasteiger partial charge in [0.25, 0.3) is 0 Å². The molecule has 2 nitrogen and oxygen atoms in total. The van der Waals surface area contributed by atoms with Gasteiger partial charge >= 0.3 is 0 Å². The first-order valence-electron chi connectivity index (χ1n) is 3.05. The zero-order valence-corrected chi connectivity index (χ0v) is 7.19. The second-order valence-corrected chi connectivity index (χ2v) is 2.43. The van der Waals surface area contributed by atoms with Crippen LogP contribution < -0.4 is 0 Å². The van der Waals surface area contributed by atoms with Gasteiger partial charge in [-0.05, 0) is 19.9 Å². The van der Waals surface area contributed by atoms with Crippen molar-refractivity contribution in [3.05, 3.63) is 11.1 Å². The first-order chi connectivity index (χ1) is 4.85. The van der Waals surface area contributed by atoms with Crippen molar-refractivity contribution in [3.8, 4) is 0 Å². The average molecular weight is 156 g/mol. The fourth-order valence-electron chi connectivity index (χ4n) is 0.410. The molecule has 0 amide bonds. The third-order valence-electron chi connectivity index (χ3n) is 0.855. The fourth-order valence-corrected chi connectivity index (χ4v) is 0.770. The molecule has 56 valence electrons. The van der Waals surface area contributed by atoms with Gasteiger partial charge in [-0.15, -0.1) is 11.8 Å². The van der Waals surface area contributed by atoms with Crippen LogP contribution in [0, 0.1) is 0 Å². The van der Waals surface area contributed by atoms with E-state index in [1.54, 1.807) is 24.2 Å². The lowest BCUT2D eigenvalue weighted by Crippen LogP contribution is -1.78. The van der Waals surface area contributed by atoms with Crippen molar-refractivity contribution in [2.45, 2.75) is 6.92 Å². The third kappa shape index (κ3) is 4.32. The Kier molecular flexibility index (Phi) is 6.18. The molecule has 0 saturated carbocycles. The molecule has 0 bridgehead atoms. The molecular formula is C7H12N2S. The van der Waals surface area contributed by atoms with E-state index in [0.717, 1.165) is 11.4 Å². The Labute approximate surface area is 66.2 Å². The lowest BCUT2D eigenvalue weighted by Gasteiger charge is -1.90. The standard InChI is InChI=1S/C7H12N2S/c1-4-9-6-7(10-3)5-8-2/h5-6H,2,4H2,1,3H3/b7-5+,9-6-. The summed E-state index contributed by atoms with van der Waals surface area (Å²) in [7, 11) is 0. The highest BCUT2D eigenvalue weighted by molar-refractivity contribution is 8.03. The normalized spacial score (nSPS) is 12.4. The van der Waals surface area contributed by atoms with Gasteiger partial charge in [0.1, 0.15) is 0 Å². The number of rotatable bonds is 4. The molecule has 0 aliphatic heterocycles. The smallest absolute Gasteiger partial charge is 0.0431 e. The monoisotopic (exact) mass is 156 g/mol. The van der Waals surface area contributed by atoms with Gasteiger partial charge in [-0.25, -0.2) is 0 Å². The Hall–Kier alpha value is -0.570. The lowest BCUT2D eigenvalue weighted by atomic mass is 10.6. The van der Waals surface area contributed by atoms with E-state index in [9.17, 15) is 0 Å². The summed E-state index contributed by atoms with van der Waals surface area (Å²) in [4.78, 5) is 8.73. The van der Waals surface area contributed by atoms with Crippen LogP contribution in [0.2, 0.25) is 0 Å². The van der Waals surface area contributed by atoms with Crippen LogP contribution in [-0.2, 0) is 0 Å². The number of thioether (sulfide) groups is 1. The van der Waals surface area contributed by atoms with E-state index in [1.165, 1.54) is 0 Å². The molecule has 0 radical (unpaired) electrons. The van der Waals surface area contributed by atoms with Crippen LogP contribution in [-0.4, -0.2) is 25.7 Å². The van der Waals surface area contributed by atoms with E-state index in [4.69, 9.17) is 0 Å². The molecule has 0 N–H and O–H groups in total. The largest absolute Gasteiger partial charge is 0.292 e. The fraction of sp³-hybridized carbons (Fsp3) is 0.429. The zero-order valence-electron chi connectivity index (χ0n) is 6.37.